The Hall–Kier alpha value is -1.88. The number of nitrogens with two attached hydrogens (primary N) is 1. The van der Waals surface area contributed by atoms with Gasteiger partial charge in [-0.2, -0.15) is 0 Å². The predicted molar refractivity (Wildman–Crippen MR) is 82.3 cm³/mol. The van der Waals surface area contributed by atoms with E-state index in [2.05, 4.69) is 15.9 Å². The van der Waals surface area contributed by atoms with Crippen molar-refractivity contribution in [1.82, 2.24) is 0 Å². The fourth-order valence-electron chi connectivity index (χ4n) is 1.97. The van der Waals surface area contributed by atoms with E-state index in [4.69, 9.17) is 5.73 Å². The molecule has 0 unspecified atom stereocenters. The fourth-order valence-corrected chi connectivity index (χ4v) is 2.49. The zero-order chi connectivity index (χ0) is 14.7. The van der Waals surface area contributed by atoms with E-state index in [0.29, 0.717) is 28.0 Å². The van der Waals surface area contributed by atoms with Crippen LogP contribution in [0.1, 0.15) is 17.3 Å². The molecular formula is C15H14BrFN2O. The minimum atomic E-state index is -0.393. The number of benzene rings is 2. The molecule has 0 radical (unpaired) electrons. The first kappa shape index (κ1) is 14.5. The van der Waals surface area contributed by atoms with Crippen LogP contribution in [0.5, 0.6) is 0 Å². The Balaban J connectivity index is 2.42. The second-order valence-electron chi connectivity index (χ2n) is 4.23. The van der Waals surface area contributed by atoms with Crippen LogP contribution in [-0.2, 0) is 0 Å². The standard InChI is InChI=1S/C15H14BrFN2O/c1-2-19(14-6-4-3-5-13(14)18)15(20)11-8-7-10(17)9-12(11)16/h3-9H,2,18H2,1H3. The highest BCUT2D eigenvalue weighted by Crippen LogP contribution is 2.26. The highest BCUT2D eigenvalue weighted by Gasteiger charge is 2.20. The molecule has 2 N–H and O–H groups in total. The minimum Gasteiger partial charge on any atom is -0.397 e. The first-order valence-corrected chi connectivity index (χ1v) is 6.95. The zero-order valence-electron chi connectivity index (χ0n) is 10.9. The summed E-state index contributed by atoms with van der Waals surface area (Å²) < 4.78 is 13.5. The SMILES string of the molecule is CCN(C(=O)c1ccc(F)cc1Br)c1ccccc1N. The van der Waals surface area contributed by atoms with Crippen molar-refractivity contribution in [3.63, 3.8) is 0 Å². The Morgan fingerprint density at radius 1 is 1.30 bits per heavy atom. The van der Waals surface area contributed by atoms with Crippen LogP contribution in [0.2, 0.25) is 0 Å². The van der Waals surface area contributed by atoms with Gasteiger partial charge in [-0.15, -0.1) is 0 Å². The van der Waals surface area contributed by atoms with Crippen molar-refractivity contribution >= 4 is 33.2 Å². The lowest BCUT2D eigenvalue weighted by molar-refractivity contribution is 0.0987. The second kappa shape index (κ2) is 6.05. The summed E-state index contributed by atoms with van der Waals surface area (Å²) in [6.07, 6.45) is 0. The summed E-state index contributed by atoms with van der Waals surface area (Å²) >= 11 is 3.22. The Bertz CT molecular complexity index is 646. The van der Waals surface area contributed by atoms with E-state index in [9.17, 15) is 9.18 Å². The molecule has 1 amide bonds. The van der Waals surface area contributed by atoms with Crippen molar-refractivity contribution in [3.8, 4) is 0 Å². The summed E-state index contributed by atoms with van der Waals surface area (Å²) in [7, 11) is 0. The van der Waals surface area contributed by atoms with Crippen molar-refractivity contribution in [3.05, 3.63) is 58.3 Å². The van der Waals surface area contributed by atoms with Crippen LogP contribution in [0.15, 0.2) is 46.9 Å². The molecule has 2 aromatic rings. The molecule has 3 nitrogen and oxygen atoms in total. The minimum absolute atomic E-state index is 0.225. The summed E-state index contributed by atoms with van der Waals surface area (Å²) in [4.78, 5) is 14.1. The number of hydrogen-bond donors (Lipinski definition) is 1. The number of nitrogen functional groups attached to an aromatic ring is 1. The lowest BCUT2D eigenvalue weighted by Gasteiger charge is -2.23. The Kier molecular flexibility index (Phi) is 4.39. The zero-order valence-corrected chi connectivity index (χ0v) is 12.5. The highest BCUT2D eigenvalue weighted by molar-refractivity contribution is 9.10. The summed E-state index contributed by atoms with van der Waals surface area (Å²) in [5, 5.41) is 0. The smallest absolute Gasteiger partial charge is 0.259 e. The topological polar surface area (TPSA) is 46.3 Å². The van der Waals surface area contributed by atoms with E-state index >= 15 is 0 Å². The van der Waals surface area contributed by atoms with Gasteiger partial charge in [0, 0.05) is 11.0 Å². The summed E-state index contributed by atoms with van der Waals surface area (Å²) in [5.41, 5.74) is 7.49. The van der Waals surface area contributed by atoms with Gasteiger partial charge >= 0.3 is 0 Å². The summed E-state index contributed by atoms with van der Waals surface area (Å²) in [6, 6.07) is 11.2. The van der Waals surface area contributed by atoms with Crippen LogP contribution in [0.4, 0.5) is 15.8 Å². The number of anilines is 2. The van der Waals surface area contributed by atoms with Crippen LogP contribution in [-0.4, -0.2) is 12.5 Å². The van der Waals surface area contributed by atoms with E-state index in [1.807, 2.05) is 19.1 Å². The van der Waals surface area contributed by atoms with Gasteiger partial charge in [-0.25, -0.2) is 4.39 Å². The van der Waals surface area contributed by atoms with Crippen LogP contribution in [0, 0.1) is 5.82 Å². The number of hydrogen-bond acceptors (Lipinski definition) is 2. The summed E-state index contributed by atoms with van der Waals surface area (Å²) in [5.74, 6) is -0.618. The number of rotatable bonds is 3. The van der Waals surface area contributed by atoms with E-state index in [0.717, 1.165) is 0 Å². The van der Waals surface area contributed by atoms with Gasteiger partial charge in [0.25, 0.3) is 5.91 Å². The van der Waals surface area contributed by atoms with Crippen LogP contribution >= 0.6 is 15.9 Å². The molecule has 20 heavy (non-hydrogen) atoms. The molecule has 2 rings (SSSR count). The monoisotopic (exact) mass is 336 g/mol. The van der Waals surface area contributed by atoms with Gasteiger partial charge in [0.15, 0.2) is 0 Å². The maximum absolute atomic E-state index is 13.1. The number of carbonyl (C=O) groups is 1. The molecule has 0 spiro atoms. The molecule has 0 aliphatic heterocycles. The van der Waals surface area contributed by atoms with E-state index in [-0.39, 0.29) is 5.91 Å². The largest absolute Gasteiger partial charge is 0.397 e. The first-order chi connectivity index (χ1) is 9.54. The quantitative estimate of drug-likeness (QED) is 0.865. The third-order valence-electron chi connectivity index (χ3n) is 2.95. The maximum Gasteiger partial charge on any atom is 0.259 e. The van der Waals surface area contributed by atoms with E-state index in [1.165, 1.54) is 18.2 Å². The van der Waals surface area contributed by atoms with Gasteiger partial charge in [0.2, 0.25) is 0 Å². The molecule has 2 aromatic carbocycles. The van der Waals surface area contributed by atoms with Crippen molar-refractivity contribution in [2.24, 2.45) is 0 Å². The number of nitrogens with zero attached hydrogens (tertiary/aromatic N) is 1. The van der Waals surface area contributed by atoms with Crippen molar-refractivity contribution in [1.29, 1.82) is 0 Å². The molecular weight excluding hydrogens is 323 g/mol. The Labute approximate surface area is 125 Å². The normalized spacial score (nSPS) is 10.3. The van der Waals surface area contributed by atoms with E-state index < -0.39 is 5.82 Å². The lowest BCUT2D eigenvalue weighted by Crippen LogP contribution is -2.31. The number of amides is 1. The molecule has 104 valence electrons. The Morgan fingerprint density at radius 3 is 2.60 bits per heavy atom. The predicted octanol–water partition coefficient (Wildman–Crippen LogP) is 3.84. The van der Waals surface area contributed by atoms with Crippen LogP contribution in [0.3, 0.4) is 0 Å². The van der Waals surface area contributed by atoms with Crippen LogP contribution < -0.4 is 10.6 Å². The maximum atomic E-state index is 13.1. The molecule has 5 heteroatoms. The third-order valence-corrected chi connectivity index (χ3v) is 3.61. The average molecular weight is 337 g/mol. The van der Waals surface area contributed by atoms with Gasteiger partial charge in [-0.05, 0) is 53.2 Å². The molecule has 0 atom stereocenters. The van der Waals surface area contributed by atoms with Crippen molar-refractivity contribution < 1.29 is 9.18 Å². The molecule has 0 saturated heterocycles. The first-order valence-electron chi connectivity index (χ1n) is 6.16. The molecule has 0 aliphatic carbocycles. The molecule has 0 fully saturated rings. The van der Waals surface area contributed by atoms with Gasteiger partial charge in [0.05, 0.1) is 16.9 Å². The van der Waals surface area contributed by atoms with E-state index in [1.54, 1.807) is 17.0 Å². The average Bonchev–Trinajstić information content (AvgIpc) is 2.41. The number of halogens is 2. The molecule has 0 bridgehead atoms. The molecule has 0 aromatic heterocycles. The van der Waals surface area contributed by atoms with Gasteiger partial charge in [0.1, 0.15) is 5.82 Å². The third kappa shape index (κ3) is 2.82. The molecule has 0 heterocycles. The van der Waals surface area contributed by atoms with Gasteiger partial charge < -0.3 is 10.6 Å². The fraction of sp³-hybridized carbons (Fsp3) is 0.133. The summed E-state index contributed by atoms with van der Waals surface area (Å²) in [6.45, 7) is 2.33. The van der Waals surface area contributed by atoms with Crippen molar-refractivity contribution in [2.45, 2.75) is 6.92 Å². The second-order valence-corrected chi connectivity index (χ2v) is 5.09. The van der Waals surface area contributed by atoms with Gasteiger partial charge in [-0.3, -0.25) is 4.79 Å². The Morgan fingerprint density at radius 2 is 2.00 bits per heavy atom. The molecule has 0 aliphatic rings. The van der Waals surface area contributed by atoms with Crippen molar-refractivity contribution in [2.75, 3.05) is 17.2 Å². The lowest BCUT2D eigenvalue weighted by atomic mass is 10.1. The number of para-hydroxylation sites is 2. The van der Waals surface area contributed by atoms with Crippen LogP contribution in [0.25, 0.3) is 0 Å². The number of carbonyl (C=O) groups excluding carboxylic acids is 1. The molecule has 0 saturated carbocycles. The highest BCUT2D eigenvalue weighted by atomic mass is 79.9. The van der Waals surface area contributed by atoms with Gasteiger partial charge in [-0.1, -0.05) is 12.1 Å².